The van der Waals surface area contributed by atoms with Crippen LogP contribution in [0.2, 0.25) is 0 Å². The number of carbonyl (C=O) groups is 2. The number of aliphatic carboxylic acids is 1. The highest BCUT2D eigenvalue weighted by Gasteiger charge is 2.38. The summed E-state index contributed by atoms with van der Waals surface area (Å²) in [5.74, 6) is -3.03. The average molecular weight is 266 g/mol. The van der Waals surface area contributed by atoms with Gasteiger partial charge in [0.25, 0.3) is 5.91 Å². The van der Waals surface area contributed by atoms with Crippen molar-refractivity contribution in [3.8, 4) is 5.88 Å². The zero-order chi connectivity index (χ0) is 14.3. The van der Waals surface area contributed by atoms with E-state index in [4.69, 9.17) is 20.4 Å². The molecule has 9 heteroatoms. The number of amides is 1. The van der Waals surface area contributed by atoms with E-state index >= 15 is 0 Å². The number of alkyl halides is 3. The molecule has 0 aliphatic carbocycles. The van der Waals surface area contributed by atoms with Gasteiger partial charge in [-0.15, -0.1) is 0 Å². The molecule has 0 saturated heterocycles. The minimum Gasteiger partial charge on any atom is -0.480 e. The van der Waals surface area contributed by atoms with Crippen molar-refractivity contribution in [2.24, 2.45) is 5.73 Å². The average Bonchev–Trinajstić information content (AvgIpc) is 2.28. The lowest BCUT2D eigenvalue weighted by atomic mass is 10.2. The van der Waals surface area contributed by atoms with Crippen LogP contribution in [-0.4, -0.2) is 35.3 Å². The molecule has 3 N–H and O–H groups in total. The SMILES string of the molecule is COc1ncccc1C(N)=O.O=C(O)C(F)(F)F. The topological polar surface area (TPSA) is 103 Å². The van der Waals surface area contributed by atoms with Crippen molar-refractivity contribution in [2.45, 2.75) is 6.18 Å². The largest absolute Gasteiger partial charge is 0.490 e. The molecule has 0 fully saturated rings. The zero-order valence-electron chi connectivity index (χ0n) is 9.06. The molecule has 0 aliphatic rings. The van der Waals surface area contributed by atoms with Gasteiger partial charge in [0.15, 0.2) is 0 Å². The molecule has 1 aromatic rings. The minimum absolute atomic E-state index is 0.264. The first kappa shape index (κ1) is 15.7. The first-order valence-corrected chi connectivity index (χ1v) is 4.29. The van der Waals surface area contributed by atoms with Crippen LogP contribution in [-0.2, 0) is 4.79 Å². The summed E-state index contributed by atoms with van der Waals surface area (Å²) in [6.45, 7) is 0. The molecule has 6 nitrogen and oxygen atoms in total. The van der Waals surface area contributed by atoms with Crippen molar-refractivity contribution in [1.29, 1.82) is 0 Å². The van der Waals surface area contributed by atoms with Crippen LogP contribution < -0.4 is 10.5 Å². The van der Waals surface area contributed by atoms with Crippen molar-refractivity contribution in [1.82, 2.24) is 4.98 Å². The maximum absolute atomic E-state index is 10.7. The Morgan fingerprint density at radius 1 is 1.44 bits per heavy atom. The maximum atomic E-state index is 10.7. The summed E-state index contributed by atoms with van der Waals surface area (Å²) in [4.78, 5) is 23.4. The van der Waals surface area contributed by atoms with Gasteiger partial charge in [-0.3, -0.25) is 4.79 Å². The lowest BCUT2D eigenvalue weighted by Gasteiger charge is -2.01. The molecule has 0 spiro atoms. The quantitative estimate of drug-likeness (QED) is 0.825. The van der Waals surface area contributed by atoms with E-state index in [1.807, 2.05) is 0 Å². The van der Waals surface area contributed by atoms with E-state index in [0.29, 0.717) is 5.56 Å². The van der Waals surface area contributed by atoms with Crippen molar-refractivity contribution in [3.63, 3.8) is 0 Å². The van der Waals surface area contributed by atoms with Gasteiger partial charge >= 0.3 is 12.1 Å². The number of hydrogen-bond donors (Lipinski definition) is 2. The number of halogens is 3. The Bertz CT molecular complexity index is 434. The van der Waals surface area contributed by atoms with Crippen LogP contribution in [0.25, 0.3) is 0 Å². The molecule has 18 heavy (non-hydrogen) atoms. The van der Waals surface area contributed by atoms with Crippen LogP contribution in [0.3, 0.4) is 0 Å². The highest BCUT2D eigenvalue weighted by atomic mass is 19.4. The summed E-state index contributed by atoms with van der Waals surface area (Å²) in [6, 6.07) is 3.19. The minimum atomic E-state index is -5.08. The Morgan fingerprint density at radius 2 is 1.94 bits per heavy atom. The van der Waals surface area contributed by atoms with Crippen molar-refractivity contribution >= 4 is 11.9 Å². The number of carboxylic acids is 1. The number of primary amides is 1. The van der Waals surface area contributed by atoms with Crippen LogP contribution in [0.1, 0.15) is 10.4 Å². The third-order valence-corrected chi connectivity index (χ3v) is 1.47. The van der Waals surface area contributed by atoms with E-state index in [1.165, 1.54) is 13.3 Å². The van der Waals surface area contributed by atoms with E-state index in [2.05, 4.69) is 4.98 Å². The summed E-state index contributed by atoms with van der Waals surface area (Å²) in [7, 11) is 1.44. The Morgan fingerprint density at radius 3 is 2.22 bits per heavy atom. The molecule has 0 saturated carbocycles. The number of nitrogens with two attached hydrogens (primary N) is 1. The summed E-state index contributed by atoms with van der Waals surface area (Å²) in [5, 5.41) is 7.12. The summed E-state index contributed by atoms with van der Waals surface area (Å²) in [6.07, 6.45) is -3.55. The molecule has 0 radical (unpaired) electrons. The molecule has 1 amide bonds. The first-order chi connectivity index (χ1) is 8.20. The van der Waals surface area contributed by atoms with Gasteiger partial charge in [-0.05, 0) is 12.1 Å². The lowest BCUT2D eigenvalue weighted by molar-refractivity contribution is -0.192. The summed E-state index contributed by atoms with van der Waals surface area (Å²) >= 11 is 0. The highest BCUT2D eigenvalue weighted by Crippen LogP contribution is 2.13. The van der Waals surface area contributed by atoms with Crippen molar-refractivity contribution in [2.75, 3.05) is 7.11 Å². The van der Waals surface area contributed by atoms with Crippen LogP contribution in [0, 0.1) is 0 Å². The number of ether oxygens (including phenoxy) is 1. The Hall–Kier alpha value is -2.32. The number of aromatic nitrogens is 1. The summed E-state index contributed by atoms with van der Waals surface area (Å²) in [5.41, 5.74) is 5.33. The number of rotatable bonds is 2. The standard InChI is InChI=1S/C7H8N2O2.C2HF3O2/c1-11-7-5(6(8)10)3-2-4-9-7;3-2(4,5)1(6)7/h2-4H,1H3,(H2,8,10);(H,6,7). The van der Waals surface area contributed by atoms with Gasteiger partial charge in [0.05, 0.1) is 7.11 Å². The molecular formula is C9H9F3N2O4. The molecule has 0 aliphatic heterocycles. The number of methoxy groups -OCH3 is 1. The third kappa shape index (κ3) is 5.14. The smallest absolute Gasteiger partial charge is 0.480 e. The normalized spacial score (nSPS) is 10.0. The van der Waals surface area contributed by atoms with Gasteiger partial charge in [0.2, 0.25) is 5.88 Å². The van der Waals surface area contributed by atoms with Crippen LogP contribution >= 0.6 is 0 Å². The second-order valence-electron chi connectivity index (χ2n) is 2.73. The predicted molar refractivity (Wildman–Crippen MR) is 53.0 cm³/mol. The van der Waals surface area contributed by atoms with E-state index in [1.54, 1.807) is 12.1 Å². The van der Waals surface area contributed by atoms with Crippen LogP contribution in [0.15, 0.2) is 18.3 Å². The van der Waals surface area contributed by atoms with Gasteiger partial charge in [-0.1, -0.05) is 0 Å². The molecule has 1 heterocycles. The molecule has 1 rings (SSSR count). The Kier molecular flexibility index (Phi) is 5.60. The Balaban J connectivity index is 0.000000360. The van der Waals surface area contributed by atoms with Gasteiger partial charge in [-0.25, -0.2) is 9.78 Å². The summed E-state index contributed by atoms with van der Waals surface area (Å²) < 4.78 is 36.5. The number of nitrogens with zero attached hydrogens (tertiary/aromatic N) is 1. The first-order valence-electron chi connectivity index (χ1n) is 4.29. The molecule has 0 unspecified atom stereocenters. The second kappa shape index (κ2) is 6.42. The maximum Gasteiger partial charge on any atom is 0.490 e. The number of hydrogen-bond acceptors (Lipinski definition) is 4. The van der Waals surface area contributed by atoms with Gasteiger partial charge in [0.1, 0.15) is 5.56 Å². The highest BCUT2D eigenvalue weighted by molar-refractivity contribution is 5.94. The van der Waals surface area contributed by atoms with Crippen molar-refractivity contribution in [3.05, 3.63) is 23.9 Å². The predicted octanol–water partition coefficient (Wildman–Crippen LogP) is 0.822. The van der Waals surface area contributed by atoms with E-state index in [9.17, 15) is 18.0 Å². The Labute approximate surface area is 99.2 Å². The van der Waals surface area contributed by atoms with E-state index < -0.39 is 18.1 Å². The van der Waals surface area contributed by atoms with Crippen molar-refractivity contribution < 1.29 is 32.6 Å². The van der Waals surface area contributed by atoms with Gasteiger partial charge in [-0.2, -0.15) is 13.2 Å². The monoisotopic (exact) mass is 266 g/mol. The number of pyridine rings is 1. The lowest BCUT2D eigenvalue weighted by Crippen LogP contribution is -2.21. The fraction of sp³-hybridized carbons (Fsp3) is 0.222. The van der Waals surface area contributed by atoms with E-state index in [0.717, 1.165) is 0 Å². The molecule has 100 valence electrons. The fourth-order valence-electron chi connectivity index (χ4n) is 0.741. The zero-order valence-corrected chi connectivity index (χ0v) is 9.06. The van der Waals surface area contributed by atoms with Gasteiger partial charge < -0.3 is 15.6 Å². The number of carbonyl (C=O) groups excluding carboxylic acids is 1. The van der Waals surface area contributed by atoms with Gasteiger partial charge in [0, 0.05) is 6.20 Å². The van der Waals surface area contributed by atoms with Crippen LogP contribution in [0.4, 0.5) is 13.2 Å². The molecule has 0 aromatic carbocycles. The third-order valence-electron chi connectivity index (χ3n) is 1.47. The molecule has 0 atom stereocenters. The molecular weight excluding hydrogens is 257 g/mol. The second-order valence-corrected chi connectivity index (χ2v) is 2.73. The van der Waals surface area contributed by atoms with Crippen LogP contribution in [0.5, 0.6) is 5.88 Å². The number of carboxylic acid groups (broad SMARTS) is 1. The molecule has 1 aromatic heterocycles. The fourth-order valence-corrected chi connectivity index (χ4v) is 0.741. The molecule has 0 bridgehead atoms. The van der Waals surface area contributed by atoms with E-state index in [-0.39, 0.29) is 5.88 Å².